The van der Waals surface area contributed by atoms with Crippen LogP contribution in [-0.2, 0) is 4.79 Å². The fourth-order valence-electron chi connectivity index (χ4n) is 2.56. The molecule has 2 N–H and O–H groups in total. The van der Waals surface area contributed by atoms with Gasteiger partial charge >= 0.3 is 6.03 Å². The third-order valence-corrected chi connectivity index (χ3v) is 3.70. The quantitative estimate of drug-likeness (QED) is 0.870. The van der Waals surface area contributed by atoms with Gasteiger partial charge in [-0.2, -0.15) is 0 Å². The molecule has 1 heterocycles. The summed E-state index contributed by atoms with van der Waals surface area (Å²) in [7, 11) is 0. The zero-order valence-electron chi connectivity index (χ0n) is 13.3. The van der Waals surface area contributed by atoms with Gasteiger partial charge in [-0.3, -0.25) is 15.0 Å². The molecule has 1 aliphatic rings. The van der Waals surface area contributed by atoms with E-state index in [0.717, 1.165) is 26.2 Å². The Morgan fingerprint density at radius 2 is 1.91 bits per heavy atom. The molecule has 1 aliphatic heterocycles. The predicted molar refractivity (Wildman–Crippen MR) is 87.0 cm³/mol. The first kappa shape index (κ1) is 16.3. The first-order valence-corrected chi connectivity index (χ1v) is 7.70. The van der Waals surface area contributed by atoms with Crippen molar-refractivity contribution in [3.8, 4) is 0 Å². The smallest absolute Gasteiger partial charge is 0.321 e. The summed E-state index contributed by atoms with van der Waals surface area (Å²) in [6, 6.07) is 8.02. The molecule has 2 rings (SSSR count). The summed E-state index contributed by atoms with van der Waals surface area (Å²) < 4.78 is 0. The number of hydrogen-bond acceptors (Lipinski definition) is 4. The minimum atomic E-state index is -0.425. The number of hydrogen-bond donors (Lipinski definition) is 2. The van der Waals surface area contributed by atoms with Crippen molar-refractivity contribution in [2.75, 3.05) is 44.2 Å². The first-order chi connectivity index (χ1) is 10.6. The van der Waals surface area contributed by atoms with E-state index in [9.17, 15) is 9.59 Å². The maximum Gasteiger partial charge on any atom is 0.321 e. The monoisotopic (exact) mass is 304 g/mol. The molecule has 0 aromatic heterocycles. The van der Waals surface area contributed by atoms with E-state index in [2.05, 4.69) is 51.6 Å². The molecule has 1 saturated heterocycles. The number of nitrogens with zero attached hydrogens (tertiary/aromatic N) is 2. The number of carbonyl (C=O) groups is 2. The second-order valence-electron chi connectivity index (χ2n) is 5.51. The molecular weight excluding hydrogens is 280 g/mol. The lowest BCUT2D eigenvalue weighted by Gasteiger charge is -2.35. The van der Waals surface area contributed by atoms with E-state index in [0.29, 0.717) is 6.54 Å². The van der Waals surface area contributed by atoms with Crippen molar-refractivity contribution >= 4 is 17.6 Å². The molecule has 120 valence electrons. The molecule has 1 aromatic rings. The molecule has 0 aliphatic carbocycles. The molecule has 1 fully saturated rings. The number of piperazine rings is 1. The van der Waals surface area contributed by atoms with Crippen LogP contribution in [0.1, 0.15) is 12.5 Å². The maximum absolute atomic E-state index is 11.8. The van der Waals surface area contributed by atoms with Crippen molar-refractivity contribution in [1.29, 1.82) is 0 Å². The van der Waals surface area contributed by atoms with E-state index in [1.165, 1.54) is 11.3 Å². The number of aryl methyl sites for hydroxylation is 1. The fraction of sp³-hybridized carbons (Fsp3) is 0.500. The van der Waals surface area contributed by atoms with Gasteiger partial charge in [-0.1, -0.05) is 12.1 Å². The molecular formula is C16H24N4O2. The van der Waals surface area contributed by atoms with Gasteiger partial charge in [-0.25, -0.2) is 4.79 Å². The van der Waals surface area contributed by atoms with Crippen molar-refractivity contribution in [2.24, 2.45) is 0 Å². The zero-order chi connectivity index (χ0) is 15.9. The molecule has 0 bridgehead atoms. The van der Waals surface area contributed by atoms with Crippen molar-refractivity contribution in [1.82, 2.24) is 15.5 Å². The van der Waals surface area contributed by atoms with Crippen LogP contribution in [0.2, 0.25) is 0 Å². The van der Waals surface area contributed by atoms with Crippen LogP contribution in [0.15, 0.2) is 24.3 Å². The third-order valence-electron chi connectivity index (χ3n) is 3.70. The summed E-state index contributed by atoms with van der Waals surface area (Å²) in [4.78, 5) is 27.5. The van der Waals surface area contributed by atoms with Crippen LogP contribution < -0.4 is 15.5 Å². The third kappa shape index (κ3) is 4.73. The van der Waals surface area contributed by atoms with Gasteiger partial charge in [0.15, 0.2) is 0 Å². The Morgan fingerprint density at radius 3 is 2.55 bits per heavy atom. The SMILES string of the molecule is CCNC(=O)NC(=O)CN1CCN(c2cccc(C)c2)CC1. The largest absolute Gasteiger partial charge is 0.369 e. The standard InChI is InChI=1S/C16H24N4O2/c1-3-17-16(22)18-15(21)12-19-7-9-20(10-8-19)14-6-4-5-13(2)11-14/h4-6,11H,3,7-10,12H2,1-2H3,(H2,17,18,21,22). The predicted octanol–water partition coefficient (Wildman–Crippen LogP) is 0.963. The molecule has 0 saturated carbocycles. The highest BCUT2D eigenvalue weighted by atomic mass is 16.2. The van der Waals surface area contributed by atoms with Crippen LogP contribution >= 0.6 is 0 Å². The molecule has 0 unspecified atom stereocenters. The summed E-state index contributed by atoms with van der Waals surface area (Å²) in [5.74, 6) is -0.255. The first-order valence-electron chi connectivity index (χ1n) is 7.70. The summed E-state index contributed by atoms with van der Waals surface area (Å²) in [6.45, 7) is 8.08. The van der Waals surface area contributed by atoms with Crippen molar-refractivity contribution in [2.45, 2.75) is 13.8 Å². The van der Waals surface area contributed by atoms with Crippen LogP contribution in [-0.4, -0.2) is 56.1 Å². The highest BCUT2D eigenvalue weighted by Crippen LogP contribution is 2.17. The van der Waals surface area contributed by atoms with Gasteiger partial charge in [-0.05, 0) is 31.5 Å². The molecule has 0 radical (unpaired) electrons. The van der Waals surface area contributed by atoms with Gasteiger partial charge in [0, 0.05) is 38.4 Å². The number of carbonyl (C=O) groups excluding carboxylic acids is 2. The molecule has 0 atom stereocenters. The van der Waals surface area contributed by atoms with Gasteiger partial charge in [0.05, 0.1) is 6.54 Å². The van der Waals surface area contributed by atoms with Crippen LogP contribution in [0, 0.1) is 6.92 Å². The average Bonchev–Trinajstić information content (AvgIpc) is 2.48. The molecule has 6 heteroatoms. The number of urea groups is 1. The van der Waals surface area contributed by atoms with Crippen molar-refractivity contribution < 1.29 is 9.59 Å². The Morgan fingerprint density at radius 1 is 1.18 bits per heavy atom. The normalized spacial score (nSPS) is 15.5. The van der Waals surface area contributed by atoms with E-state index in [1.807, 2.05) is 6.92 Å². The van der Waals surface area contributed by atoms with Crippen LogP contribution in [0.3, 0.4) is 0 Å². The number of rotatable bonds is 4. The summed E-state index contributed by atoms with van der Waals surface area (Å²) in [5, 5.41) is 4.88. The highest BCUT2D eigenvalue weighted by molar-refractivity contribution is 5.95. The lowest BCUT2D eigenvalue weighted by atomic mass is 10.2. The van der Waals surface area contributed by atoms with Gasteiger partial charge < -0.3 is 10.2 Å². The van der Waals surface area contributed by atoms with Crippen LogP contribution in [0.5, 0.6) is 0 Å². The topological polar surface area (TPSA) is 64.7 Å². The van der Waals surface area contributed by atoms with Gasteiger partial charge in [0.1, 0.15) is 0 Å². The second kappa shape index (κ2) is 7.79. The molecule has 3 amide bonds. The van der Waals surface area contributed by atoms with Crippen molar-refractivity contribution in [3.05, 3.63) is 29.8 Å². The average molecular weight is 304 g/mol. The Bertz CT molecular complexity index is 525. The molecule has 0 spiro atoms. The summed E-state index contributed by atoms with van der Waals surface area (Å²) in [5.41, 5.74) is 2.48. The number of amides is 3. The minimum absolute atomic E-state index is 0.255. The molecule has 1 aromatic carbocycles. The van der Waals surface area contributed by atoms with E-state index in [-0.39, 0.29) is 12.5 Å². The Kier molecular flexibility index (Phi) is 5.77. The summed E-state index contributed by atoms with van der Waals surface area (Å²) >= 11 is 0. The fourth-order valence-corrected chi connectivity index (χ4v) is 2.56. The number of anilines is 1. The lowest BCUT2D eigenvalue weighted by molar-refractivity contribution is -0.121. The Hall–Kier alpha value is -2.08. The highest BCUT2D eigenvalue weighted by Gasteiger charge is 2.19. The molecule has 22 heavy (non-hydrogen) atoms. The van der Waals surface area contributed by atoms with E-state index in [4.69, 9.17) is 0 Å². The minimum Gasteiger partial charge on any atom is -0.369 e. The van der Waals surface area contributed by atoms with Gasteiger partial charge in [-0.15, -0.1) is 0 Å². The van der Waals surface area contributed by atoms with E-state index in [1.54, 1.807) is 0 Å². The van der Waals surface area contributed by atoms with Gasteiger partial charge in [0.2, 0.25) is 5.91 Å². The van der Waals surface area contributed by atoms with Crippen LogP contribution in [0.25, 0.3) is 0 Å². The lowest BCUT2D eigenvalue weighted by Crippen LogP contribution is -2.51. The number of imide groups is 1. The maximum atomic E-state index is 11.8. The Labute approximate surface area is 131 Å². The number of nitrogens with one attached hydrogen (secondary N) is 2. The van der Waals surface area contributed by atoms with Crippen LogP contribution in [0.4, 0.5) is 10.5 Å². The zero-order valence-corrected chi connectivity index (χ0v) is 13.3. The second-order valence-corrected chi connectivity index (χ2v) is 5.51. The summed E-state index contributed by atoms with van der Waals surface area (Å²) in [6.07, 6.45) is 0. The Balaban J connectivity index is 1.77. The van der Waals surface area contributed by atoms with E-state index < -0.39 is 6.03 Å². The van der Waals surface area contributed by atoms with Gasteiger partial charge in [0.25, 0.3) is 0 Å². The number of benzene rings is 1. The van der Waals surface area contributed by atoms with Crippen molar-refractivity contribution in [3.63, 3.8) is 0 Å². The van der Waals surface area contributed by atoms with E-state index >= 15 is 0 Å². The molecule has 6 nitrogen and oxygen atoms in total.